The van der Waals surface area contributed by atoms with Crippen LogP contribution in [0.1, 0.15) is 22.2 Å². The van der Waals surface area contributed by atoms with Gasteiger partial charge in [-0.1, -0.05) is 23.7 Å². The molecular formula is C27H17ClF3NO7. The molecule has 2 N–H and O–H groups in total. The molecule has 0 bridgehead atoms. The number of nitrogens with zero attached hydrogens (tertiary/aromatic N) is 1. The highest BCUT2D eigenvalue weighted by Crippen LogP contribution is 2.43. The topological polar surface area (TPSA) is 109 Å². The van der Waals surface area contributed by atoms with Crippen molar-refractivity contribution in [3.8, 4) is 17.2 Å². The molecule has 8 nitrogen and oxygen atoms in total. The molecule has 5 rings (SSSR count). The van der Waals surface area contributed by atoms with Gasteiger partial charge in [0.15, 0.2) is 22.9 Å². The Morgan fingerprint density at radius 1 is 1.03 bits per heavy atom. The van der Waals surface area contributed by atoms with E-state index in [1.165, 1.54) is 55.6 Å². The van der Waals surface area contributed by atoms with Crippen molar-refractivity contribution in [2.45, 2.75) is 12.4 Å². The summed E-state index contributed by atoms with van der Waals surface area (Å²) in [6.45, 7) is 0. The number of halogens is 4. The number of aromatic hydroxyl groups is 1. The number of ether oxygens (including phenoxy) is 2. The highest BCUT2D eigenvalue weighted by molar-refractivity contribution is 6.31. The number of aliphatic hydroxyl groups excluding tert-OH is 1. The number of carbonyl (C=O) groups excluding carboxylic acids is 2. The Bertz CT molecular complexity index is 1630. The minimum Gasteiger partial charge on any atom is -0.508 e. The molecule has 4 aromatic rings. The number of amides is 1. The van der Waals surface area contributed by atoms with Crippen LogP contribution in [0.2, 0.25) is 5.02 Å². The van der Waals surface area contributed by atoms with Crippen LogP contribution in [-0.4, -0.2) is 35.4 Å². The molecule has 12 heteroatoms. The lowest BCUT2D eigenvalue weighted by atomic mass is 9.94. The van der Waals surface area contributed by atoms with Gasteiger partial charge >= 0.3 is 6.36 Å². The van der Waals surface area contributed by atoms with E-state index >= 15 is 0 Å². The molecule has 39 heavy (non-hydrogen) atoms. The van der Waals surface area contributed by atoms with Crippen molar-refractivity contribution >= 4 is 39.9 Å². The van der Waals surface area contributed by atoms with Crippen LogP contribution in [0.15, 0.2) is 82.5 Å². The molecule has 1 amide bonds. The van der Waals surface area contributed by atoms with Gasteiger partial charge < -0.3 is 24.1 Å². The molecule has 0 aliphatic carbocycles. The molecule has 1 aliphatic rings. The molecule has 0 spiro atoms. The number of phenols is 1. The van der Waals surface area contributed by atoms with Crippen LogP contribution in [0.5, 0.6) is 17.2 Å². The second-order valence-corrected chi connectivity index (χ2v) is 8.88. The number of aliphatic hydroxyl groups is 1. The normalized spacial score (nSPS) is 15.8. The maximum Gasteiger partial charge on any atom is 0.573 e. The van der Waals surface area contributed by atoms with Crippen molar-refractivity contribution in [3.05, 3.63) is 94.4 Å². The minimum absolute atomic E-state index is 0.0695. The van der Waals surface area contributed by atoms with E-state index in [4.69, 9.17) is 20.8 Å². The quantitative estimate of drug-likeness (QED) is 0.260. The summed E-state index contributed by atoms with van der Waals surface area (Å²) in [5.74, 6) is -3.26. The number of phenolic OH excluding ortho intramolecular Hbond substituents is 1. The molecule has 1 aromatic heterocycles. The summed E-state index contributed by atoms with van der Waals surface area (Å²) < 4.78 is 52.7. The lowest BCUT2D eigenvalue weighted by Gasteiger charge is -2.27. The van der Waals surface area contributed by atoms with Gasteiger partial charge in [0.2, 0.25) is 5.78 Å². The first-order valence-corrected chi connectivity index (χ1v) is 11.6. The van der Waals surface area contributed by atoms with Crippen LogP contribution in [0.25, 0.3) is 11.0 Å². The maximum absolute atomic E-state index is 13.7. The number of carbonyl (C=O) groups is 2. The zero-order chi connectivity index (χ0) is 28.1. The van der Waals surface area contributed by atoms with Crippen molar-refractivity contribution in [1.29, 1.82) is 0 Å². The Morgan fingerprint density at radius 3 is 2.31 bits per heavy atom. The number of anilines is 1. The van der Waals surface area contributed by atoms with Gasteiger partial charge in [-0.3, -0.25) is 14.5 Å². The van der Waals surface area contributed by atoms with Crippen LogP contribution in [-0.2, 0) is 4.79 Å². The summed E-state index contributed by atoms with van der Waals surface area (Å²) in [6.07, 6.45) is -4.92. The van der Waals surface area contributed by atoms with E-state index in [1.54, 1.807) is 6.07 Å². The largest absolute Gasteiger partial charge is 0.573 e. The first-order chi connectivity index (χ1) is 18.5. The smallest absolute Gasteiger partial charge is 0.508 e. The molecule has 0 radical (unpaired) electrons. The number of alkyl halides is 3. The molecule has 1 atom stereocenters. The summed E-state index contributed by atoms with van der Waals surface area (Å²) >= 11 is 6.11. The van der Waals surface area contributed by atoms with Crippen molar-refractivity contribution in [2.24, 2.45) is 0 Å². The zero-order valence-electron chi connectivity index (χ0n) is 19.8. The molecule has 1 aliphatic heterocycles. The number of rotatable bonds is 6. The van der Waals surface area contributed by atoms with Crippen LogP contribution in [0.4, 0.5) is 18.9 Å². The number of Topliss-reactive ketones (excluding diaryl/α,β-unsaturated/α-hetero) is 1. The number of benzene rings is 3. The SMILES string of the molecule is COc1cc(Cl)cc2cc(C(=O)C3=C(O)C(=O)N(c4ccc(OC(F)(F)F)cc4)C3c3ccc(O)cc3)oc12. The minimum atomic E-state index is -4.92. The molecule has 3 aromatic carbocycles. The Balaban J connectivity index is 1.60. The van der Waals surface area contributed by atoms with Gasteiger partial charge in [0.25, 0.3) is 5.91 Å². The number of hydrogen-bond acceptors (Lipinski definition) is 7. The number of hydrogen-bond donors (Lipinski definition) is 2. The van der Waals surface area contributed by atoms with Crippen molar-refractivity contribution < 1.29 is 46.9 Å². The van der Waals surface area contributed by atoms with Gasteiger partial charge in [-0.05, 0) is 54.1 Å². The molecule has 2 heterocycles. The molecular weight excluding hydrogens is 543 g/mol. The van der Waals surface area contributed by atoms with E-state index in [2.05, 4.69) is 4.74 Å². The third-order valence-electron chi connectivity index (χ3n) is 6.00. The van der Waals surface area contributed by atoms with Gasteiger partial charge in [-0.2, -0.15) is 0 Å². The summed E-state index contributed by atoms with van der Waals surface area (Å²) in [6, 6.07) is 13.1. The van der Waals surface area contributed by atoms with Gasteiger partial charge in [-0.15, -0.1) is 13.2 Å². The standard InChI is InChI=1S/C27H17ClF3NO7/c1-37-20-12-15(28)10-14-11-19(38-25(14)20)23(34)21-22(13-2-6-17(33)7-3-13)32(26(36)24(21)35)16-4-8-18(9-5-16)39-27(29,30)31/h2-12,22,33,35H,1H3. The fourth-order valence-electron chi connectivity index (χ4n) is 4.37. The highest BCUT2D eigenvalue weighted by Gasteiger charge is 2.45. The number of methoxy groups -OCH3 is 1. The first kappa shape index (κ1) is 26.0. The van der Waals surface area contributed by atoms with E-state index in [0.717, 1.165) is 17.0 Å². The Hall–Kier alpha value is -4.64. The van der Waals surface area contributed by atoms with Gasteiger partial charge in [-0.25, -0.2) is 0 Å². The molecule has 1 unspecified atom stereocenters. The van der Waals surface area contributed by atoms with Crippen LogP contribution >= 0.6 is 11.6 Å². The Morgan fingerprint density at radius 2 is 1.69 bits per heavy atom. The number of furan rings is 1. The monoisotopic (exact) mass is 559 g/mol. The van der Waals surface area contributed by atoms with Crippen molar-refractivity contribution in [1.82, 2.24) is 0 Å². The highest BCUT2D eigenvalue weighted by atomic mass is 35.5. The predicted octanol–water partition coefficient (Wildman–Crippen LogP) is 6.48. The molecule has 0 saturated carbocycles. The van der Waals surface area contributed by atoms with Crippen LogP contribution in [0.3, 0.4) is 0 Å². The molecule has 0 fully saturated rings. The summed E-state index contributed by atoms with van der Waals surface area (Å²) in [5, 5.41) is 21.4. The maximum atomic E-state index is 13.7. The third-order valence-corrected chi connectivity index (χ3v) is 6.22. The summed E-state index contributed by atoms with van der Waals surface area (Å²) in [7, 11) is 1.39. The lowest BCUT2D eigenvalue weighted by Crippen LogP contribution is -2.31. The van der Waals surface area contributed by atoms with Crippen molar-refractivity contribution in [3.63, 3.8) is 0 Å². The summed E-state index contributed by atoms with van der Waals surface area (Å²) in [4.78, 5) is 28.1. The number of ketones is 1. The second-order valence-electron chi connectivity index (χ2n) is 8.44. The third kappa shape index (κ3) is 4.84. The van der Waals surface area contributed by atoms with Gasteiger partial charge in [0, 0.05) is 22.2 Å². The lowest BCUT2D eigenvalue weighted by molar-refractivity contribution is -0.274. The molecule has 0 saturated heterocycles. The zero-order valence-corrected chi connectivity index (χ0v) is 20.6. The average Bonchev–Trinajstić information content (AvgIpc) is 3.42. The van der Waals surface area contributed by atoms with E-state index in [0.29, 0.717) is 16.0 Å². The van der Waals surface area contributed by atoms with E-state index in [9.17, 15) is 33.0 Å². The first-order valence-electron chi connectivity index (χ1n) is 11.2. The Kier molecular flexibility index (Phi) is 6.39. The molecule has 200 valence electrons. The van der Waals surface area contributed by atoms with Crippen LogP contribution < -0.4 is 14.4 Å². The van der Waals surface area contributed by atoms with E-state index in [1.807, 2.05) is 0 Å². The van der Waals surface area contributed by atoms with Gasteiger partial charge in [0.05, 0.1) is 18.7 Å². The van der Waals surface area contributed by atoms with Crippen molar-refractivity contribution in [2.75, 3.05) is 12.0 Å². The van der Waals surface area contributed by atoms with E-state index < -0.39 is 35.6 Å². The number of fused-ring (bicyclic) bond motifs is 1. The fraction of sp³-hybridized carbons (Fsp3) is 0.111. The van der Waals surface area contributed by atoms with Gasteiger partial charge in [0.1, 0.15) is 11.5 Å². The fourth-order valence-corrected chi connectivity index (χ4v) is 4.58. The van der Waals surface area contributed by atoms with E-state index in [-0.39, 0.29) is 34.1 Å². The second kappa shape index (κ2) is 9.59. The summed E-state index contributed by atoms with van der Waals surface area (Å²) in [5.41, 5.74) is 0.263. The predicted molar refractivity (Wildman–Crippen MR) is 133 cm³/mol. The Labute approximate surface area is 223 Å². The van der Waals surface area contributed by atoms with Crippen LogP contribution in [0, 0.1) is 0 Å². The average molecular weight is 560 g/mol.